The number of hydrazine groups is 1. The van der Waals surface area contributed by atoms with Crippen molar-refractivity contribution < 1.29 is 38.3 Å². The zero-order chi connectivity index (χ0) is 25.1. The fourth-order valence-electron chi connectivity index (χ4n) is 4.55. The van der Waals surface area contributed by atoms with E-state index in [-0.39, 0.29) is 37.5 Å². The van der Waals surface area contributed by atoms with Crippen LogP contribution in [0.4, 0.5) is 0 Å². The van der Waals surface area contributed by atoms with Crippen molar-refractivity contribution in [2.75, 3.05) is 6.54 Å². The molecule has 1 aliphatic carbocycles. The Balaban J connectivity index is 1.52. The van der Waals surface area contributed by atoms with E-state index in [4.69, 9.17) is 9.52 Å². The van der Waals surface area contributed by atoms with Crippen LogP contribution < -0.4 is 10.6 Å². The SMILES string of the molecule is O=C[C@H](CC(=O)O)NC(=O)[C@@H]1CCCN2C(=O)CC[C@H](NC(=O)c3cc4c(o3)CCC=C4)C(=O)N12. The van der Waals surface area contributed by atoms with E-state index in [2.05, 4.69) is 10.6 Å². The van der Waals surface area contributed by atoms with Gasteiger partial charge in [0.1, 0.15) is 24.1 Å². The highest BCUT2D eigenvalue weighted by Crippen LogP contribution is 2.26. The van der Waals surface area contributed by atoms with E-state index in [0.717, 1.165) is 17.0 Å². The first-order chi connectivity index (χ1) is 16.8. The van der Waals surface area contributed by atoms with Crippen LogP contribution in [0.5, 0.6) is 0 Å². The normalized spacial score (nSPS) is 22.5. The van der Waals surface area contributed by atoms with Gasteiger partial charge in [0.25, 0.3) is 11.8 Å². The molecule has 4 rings (SSSR count). The second kappa shape index (κ2) is 10.1. The summed E-state index contributed by atoms with van der Waals surface area (Å²) in [7, 11) is 0. The number of nitrogens with zero attached hydrogens (tertiary/aromatic N) is 2. The van der Waals surface area contributed by atoms with Crippen molar-refractivity contribution in [1.82, 2.24) is 20.7 Å². The summed E-state index contributed by atoms with van der Waals surface area (Å²) in [4.78, 5) is 74.2. The molecule has 3 aliphatic rings. The third-order valence-electron chi connectivity index (χ3n) is 6.26. The highest BCUT2D eigenvalue weighted by Gasteiger charge is 2.45. The number of carboxylic acids is 1. The lowest BCUT2D eigenvalue weighted by molar-refractivity contribution is -0.176. The molecule has 1 aromatic rings. The zero-order valence-electron chi connectivity index (χ0n) is 18.9. The minimum atomic E-state index is -1.28. The van der Waals surface area contributed by atoms with E-state index >= 15 is 0 Å². The third kappa shape index (κ3) is 5.10. The molecule has 4 amide bonds. The van der Waals surface area contributed by atoms with Crippen LogP contribution in [0.25, 0.3) is 6.08 Å². The number of aryl methyl sites for hydroxylation is 1. The van der Waals surface area contributed by atoms with Gasteiger partial charge in [-0.3, -0.25) is 29.0 Å². The predicted molar refractivity (Wildman–Crippen MR) is 118 cm³/mol. The van der Waals surface area contributed by atoms with Crippen molar-refractivity contribution in [3.05, 3.63) is 29.2 Å². The number of hydrogen-bond acceptors (Lipinski definition) is 7. The van der Waals surface area contributed by atoms with Crippen LogP contribution in [-0.2, 0) is 30.4 Å². The number of carbonyl (C=O) groups is 6. The Labute approximate surface area is 200 Å². The second-order valence-corrected chi connectivity index (χ2v) is 8.70. The van der Waals surface area contributed by atoms with Crippen LogP contribution in [0.3, 0.4) is 0 Å². The number of allylic oxidation sites excluding steroid dienone is 1. The molecular weight excluding hydrogens is 460 g/mol. The van der Waals surface area contributed by atoms with E-state index in [1.54, 1.807) is 6.07 Å². The molecule has 0 bridgehead atoms. The largest absolute Gasteiger partial charge is 0.481 e. The Morgan fingerprint density at radius 2 is 2.03 bits per heavy atom. The molecule has 3 atom stereocenters. The predicted octanol–water partition coefficient (Wildman–Crippen LogP) is 0.0242. The van der Waals surface area contributed by atoms with Crippen molar-refractivity contribution >= 4 is 42.0 Å². The molecule has 2 aliphatic heterocycles. The van der Waals surface area contributed by atoms with E-state index in [9.17, 15) is 28.8 Å². The molecule has 35 heavy (non-hydrogen) atoms. The van der Waals surface area contributed by atoms with Gasteiger partial charge in [0.2, 0.25) is 11.8 Å². The molecule has 3 heterocycles. The van der Waals surface area contributed by atoms with Gasteiger partial charge in [-0.15, -0.1) is 0 Å². The van der Waals surface area contributed by atoms with Gasteiger partial charge in [-0.1, -0.05) is 12.2 Å². The molecule has 1 aromatic heterocycles. The van der Waals surface area contributed by atoms with E-state index in [1.807, 2.05) is 12.2 Å². The standard InChI is InChI=1S/C23H26N4O8/c28-12-14(11-20(30)31)24-21(32)16-5-3-9-26-19(29)8-7-15(23(34)27(16)26)25-22(33)18-10-13-4-1-2-6-17(13)35-18/h1,4,10,12,14-16H,2-3,5-9,11H2,(H,24,32)(H,25,33)(H,30,31)/t14-,15-,16-/m0/s1. The smallest absolute Gasteiger partial charge is 0.305 e. The quantitative estimate of drug-likeness (QED) is 0.454. The molecule has 12 heteroatoms. The molecular formula is C23H26N4O8. The minimum absolute atomic E-state index is 0.0190. The number of fused-ring (bicyclic) bond motifs is 2. The first-order valence-corrected chi connectivity index (χ1v) is 11.5. The van der Waals surface area contributed by atoms with Gasteiger partial charge in [0.05, 0.1) is 12.5 Å². The fourth-order valence-corrected chi connectivity index (χ4v) is 4.55. The van der Waals surface area contributed by atoms with Crippen molar-refractivity contribution in [3.63, 3.8) is 0 Å². The second-order valence-electron chi connectivity index (χ2n) is 8.70. The number of carboxylic acid groups (broad SMARTS) is 1. The number of carbonyl (C=O) groups excluding carboxylic acids is 5. The number of aldehydes is 1. The third-order valence-corrected chi connectivity index (χ3v) is 6.26. The molecule has 2 fully saturated rings. The number of amides is 4. The van der Waals surface area contributed by atoms with Gasteiger partial charge >= 0.3 is 5.97 Å². The number of nitrogens with one attached hydrogen (secondary N) is 2. The van der Waals surface area contributed by atoms with E-state index < -0.39 is 48.2 Å². The average molecular weight is 486 g/mol. The highest BCUT2D eigenvalue weighted by atomic mass is 16.4. The number of hydrogen-bond donors (Lipinski definition) is 3. The Kier molecular flexibility index (Phi) is 6.99. The Morgan fingerprint density at radius 1 is 1.23 bits per heavy atom. The van der Waals surface area contributed by atoms with Crippen molar-refractivity contribution in [1.29, 1.82) is 0 Å². The highest BCUT2D eigenvalue weighted by molar-refractivity contribution is 5.99. The molecule has 0 radical (unpaired) electrons. The fraction of sp³-hybridized carbons (Fsp3) is 0.478. The monoisotopic (exact) mass is 486 g/mol. The molecule has 186 valence electrons. The van der Waals surface area contributed by atoms with Crippen LogP contribution in [-0.4, -0.2) is 75.7 Å². The van der Waals surface area contributed by atoms with Gasteiger partial charge in [-0.2, -0.15) is 0 Å². The molecule has 0 spiro atoms. The molecule has 3 N–H and O–H groups in total. The summed E-state index contributed by atoms with van der Waals surface area (Å²) in [6.45, 7) is 0.221. The van der Waals surface area contributed by atoms with Crippen LogP contribution in [0.2, 0.25) is 0 Å². The minimum Gasteiger partial charge on any atom is -0.481 e. The van der Waals surface area contributed by atoms with Crippen LogP contribution in [0.15, 0.2) is 16.6 Å². The van der Waals surface area contributed by atoms with Crippen LogP contribution >= 0.6 is 0 Å². The first-order valence-electron chi connectivity index (χ1n) is 11.5. The van der Waals surface area contributed by atoms with Crippen LogP contribution in [0, 0.1) is 0 Å². The summed E-state index contributed by atoms with van der Waals surface area (Å²) in [5, 5.41) is 16.1. The summed E-state index contributed by atoms with van der Waals surface area (Å²) in [6, 6.07) is -1.89. The number of aliphatic carboxylic acids is 1. The summed E-state index contributed by atoms with van der Waals surface area (Å²) in [5.74, 6) is -2.89. The van der Waals surface area contributed by atoms with Gasteiger partial charge in [0.15, 0.2) is 5.76 Å². The van der Waals surface area contributed by atoms with Gasteiger partial charge < -0.3 is 25.0 Å². The molecule has 0 unspecified atom stereocenters. The zero-order valence-corrected chi connectivity index (χ0v) is 18.9. The van der Waals surface area contributed by atoms with Crippen LogP contribution in [0.1, 0.15) is 60.4 Å². The lowest BCUT2D eigenvalue weighted by atomic mass is 10.0. The number of rotatable bonds is 7. The summed E-state index contributed by atoms with van der Waals surface area (Å²) >= 11 is 0. The molecule has 2 saturated heterocycles. The summed E-state index contributed by atoms with van der Waals surface area (Å²) in [5.41, 5.74) is 0.800. The molecule has 0 saturated carbocycles. The molecule has 12 nitrogen and oxygen atoms in total. The average Bonchev–Trinajstić information content (AvgIpc) is 3.24. The van der Waals surface area contributed by atoms with Crippen molar-refractivity contribution in [2.45, 2.75) is 63.1 Å². The summed E-state index contributed by atoms with van der Waals surface area (Å²) in [6.07, 6.45) is 5.66. The van der Waals surface area contributed by atoms with Gasteiger partial charge in [-0.25, -0.2) is 5.01 Å². The maximum Gasteiger partial charge on any atom is 0.305 e. The first kappa shape index (κ1) is 24.2. The van der Waals surface area contributed by atoms with Gasteiger partial charge in [-0.05, 0) is 31.7 Å². The van der Waals surface area contributed by atoms with Crippen molar-refractivity contribution in [2.24, 2.45) is 0 Å². The van der Waals surface area contributed by atoms with E-state index in [0.29, 0.717) is 24.9 Å². The van der Waals surface area contributed by atoms with Gasteiger partial charge in [0, 0.05) is 24.9 Å². The topological polar surface area (TPSA) is 166 Å². The lowest BCUT2D eigenvalue weighted by Crippen LogP contribution is -2.64. The Hall–Kier alpha value is -3.96. The Bertz CT molecular complexity index is 1090. The van der Waals surface area contributed by atoms with E-state index in [1.165, 1.54) is 5.01 Å². The maximum absolute atomic E-state index is 13.5. The maximum atomic E-state index is 13.5. The van der Waals surface area contributed by atoms with Crippen molar-refractivity contribution in [3.8, 4) is 0 Å². The number of furan rings is 1. The Morgan fingerprint density at radius 3 is 2.74 bits per heavy atom. The lowest BCUT2D eigenvalue weighted by Gasteiger charge is -2.43. The molecule has 0 aromatic carbocycles. The summed E-state index contributed by atoms with van der Waals surface area (Å²) < 4.78 is 5.64.